The SMILES string of the molecule is C=CCN(CC=C)OC(=O)ON(CC=C)CC=C. The van der Waals surface area contributed by atoms with Crippen molar-refractivity contribution in [3.63, 3.8) is 0 Å². The van der Waals surface area contributed by atoms with Crippen molar-refractivity contribution < 1.29 is 14.5 Å². The fraction of sp³-hybridized carbons (Fsp3) is 0.308. The van der Waals surface area contributed by atoms with Gasteiger partial charge in [0.2, 0.25) is 0 Å². The van der Waals surface area contributed by atoms with Gasteiger partial charge in [-0.2, -0.15) is 4.79 Å². The molecule has 0 aromatic carbocycles. The van der Waals surface area contributed by atoms with E-state index in [9.17, 15) is 4.79 Å². The molecule has 0 bridgehead atoms. The molecule has 0 aromatic rings. The molecule has 0 aliphatic rings. The molecule has 100 valence electrons. The Morgan fingerprint density at radius 2 is 1.06 bits per heavy atom. The van der Waals surface area contributed by atoms with E-state index in [4.69, 9.17) is 9.68 Å². The Bertz CT molecular complexity index is 255. The summed E-state index contributed by atoms with van der Waals surface area (Å²) in [4.78, 5) is 21.4. The van der Waals surface area contributed by atoms with Gasteiger partial charge in [-0.15, -0.1) is 36.4 Å². The van der Waals surface area contributed by atoms with E-state index in [1.165, 1.54) is 10.1 Å². The first-order chi connectivity index (χ1) is 8.67. The largest absolute Gasteiger partial charge is 0.547 e. The van der Waals surface area contributed by atoms with Crippen molar-refractivity contribution in [2.45, 2.75) is 0 Å². The summed E-state index contributed by atoms with van der Waals surface area (Å²) in [5.41, 5.74) is 0. The zero-order valence-corrected chi connectivity index (χ0v) is 10.6. The lowest BCUT2D eigenvalue weighted by molar-refractivity contribution is -0.174. The van der Waals surface area contributed by atoms with Gasteiger partial charge in [0.25, 0.3) is 0 Å². The van der Waals surface area contributed by atoms with Crippen LogP contribution in [0.1, 0.15) is 0 Å². The van der Waals surface area contributed by atoms with Crippen LogP contribution in [0.4, 0.5) is 4.79 Å². The number of carbonyl (C=O) groups excluding carboxylic acids is 1. The van der Waals surface area contributed by atoms with Crippen molar-refractivity contribution in [2.75, 3.05) is 26.2 Å². The van der Waals surface area contributed by atoms with Crippen LogP contribution in [0.2, 0.25) is 0 Å². The van der Waals surface area contributed by atoms with Crippen molar-refractivity contribution in [2.24, 2.45) is 0 Å². The van der Waals surface area contributed by atoms with Gasteiger partial charge < -0.3 is 9.68 Å². The second kappa shape index (κ2) is 10.3. The molecule has 0 heterocycles. The van der Waals surface area contributed by atoms with Gasteiger partial charge in [-0.1, -0.05) is 24.3 Å². The zero-order chi connectivity index (χ0) is 13.8. The first-order valence-corrected chi connectivity index (χ1v) is 5.51. The van der Waals surface area contributed by atoms with Crippen LogP contribution in [-0.4, -0.2) is 42.5 Å². The molecule has 0 aromatic heterocycles. The van der Waals surface area contributed by atoms with Gasteiger partial charge in [0.1, 0.15) is 0 Å². The first kappa shape index (κ1) is 16.1. The quantitative estimate of drug-likeness (QED) is 0.441. The third-order valence-corrected chi connectivity index (χ3v) is 1.74. The summed E-state index contributed by atoms with van der Waals surface area (Å²) in [5, 5.41) is 2.75. The van der Waals surface area contributed by atoms with Gasteiger partial charge in [0, 0.05) is 0 Å². The summed E-state index contributed by atoms with van der Waals surface area (Å²) in [6, 6.07) is 0. The smallest absolute Gasteiger partial charge is 0.333 e. The molecule has 0 radical (unpaired) electrons. The van der Waals surface area contributed by atoms with Crippen LogP contribution >= 0.6 is 0 Å². The van der Waals surface area contributed by atoms with Gasteiger partial charge in [0.15, 0.2) is 0 Å². The van der Waals surface area contributed by atoms with Crippen LogP contribution in [0.15, 0.2) is 50.6 Å². The molecule has 0 saturated carbocycles. The Morgan fingerprint density at radius 3 is 1.28 bits per heavy atom. The number of rotatable bonds is 10. The highest BCUT2D eigenvalue weighted by molar-refractivity contribution is 5.59. The minimum Gasteiger partial charge on any atom is -0.333 e. The maximum Gasteiger partial charge on any atom is 0.547 e. The normalized spacial score (nSPS) is 9.89. The van der Waals surface area contributed by atoms with Gasteiger partial charge in [-0.05, 0) is 0 Å². The maximum atomic E-state index is 11.5. The summed E-state index contributed by atoms with van der Waals surface area (Å²) >= 11 is 0. The second-order valence-corrected chi connectivity index (χ2v) is 3.28. The molecule has 0 aliphatic carbocycles. The van der Waals surface area contributed by atoms with Crippen LogP contribution in [-0.2, 0) is 9.68 Å². The standard InChI is InChI=1S/C13H20N2O3/c1-5-9-14(10-6-2)17-13(16)18-15(11-7-3)12-8-4/h5-8H,1-4,9-12H2. The van der Waals surface area contributed by atoms with Crippen LogP contribution in [0.5, 0.6) is 0 Å². The summed E-state index contributed by atoms with van der Waals surface area (Å²) in [7, 11) is 0. The fourth-order valence-corrected chi connectivity index (χ4v) is 1.10. The summed E-state index contributed by atoms with van der Waals surface area (Å²) < 4.78 is 0. The van der Waals surface area contributed by atoms with Crippen molar-refractivity contribution in [3.8, 4) is 0 Å². The highest BCUT2D eigenvalue weighted by Crippen LogP contribution is 1.99. The third kappa shape index (κ3) is 7.43. The summed E-state index contributed by atoms with van der Waals surface area (Å²) in [5.74, 6) is 0. The highest BCUT2D eigenvalue weighted by Gasteiger charge is 2.14. The lowest BCUT2D eigenvalue weighted by Crippen LogP contribution is -2.33. The Balaban J connectivity index is 4.25. The summed E-state index contributed by atoms with van der Waals surface area (Å²) in [6.45, 7) is 15.8. The molecule has 5 heteroatoms. The van der Waals surface area contributed by atoms with Crippen LogP contribution in [0.25, 0.3) is 0 Å². The predicted molar refractivity (Wildman–Crippen MR) is 71.5 cm³/mol. The van der Waals surface area contributed by atoms with E-state index in [1.54, 1.807) is 24.3 Å². The molecule has 0 spiro atoms. The molecule has 0 fully saturated rings. The van der Waals surface area contributed by atoms with E-state index >= 15 is 0 Å². The molecule has 5 nitrogen and oxygen atoms in total. The van der Waals surface area contributed by atoms with E-state index in [2.05, 4.69) is 26.3 Å². The van der Waals surface area contributed by atoms with Crippen molar-refractivity contribution in [1.29, 1.82) is 0 Å². The van der Waals surface area contributed by atoms with Crippen LogP contribution in [0, 0.1) is 0 Å². The lowest BCUT2D eigenvalue weighted by Gasteiger charge is -2.21. The Kier molecular flexibility index (Phi) is 9.25. The van der Waals surface area contributed by atoms with Gasteiger partial charge in [-0.3, -0.25) is 0 Å². The molecule has 0 N–H and O–H groups in total. The monoisotopic (exact) mass is 252 g/mol. The van der Waals surface area contributed by atoms with E-state index < -0.39 is 6.16 Å². The fourth-order valence-electron chi connectivity index (χ4n) is 1.10. The average molecular weight is 252 g/mol. The van der Waals surface area contributed by atoms with Gasteiger partial charge >= 0.3 is 6.16 Å². The van der Waals surface area contributed by atoms with E-state index in [0.29, 0.717) is 26.2 Å². The molecule has 0 rings (SSSR count). The topological polar surface area (TPSA) is 42.0 Å². The number of nitrogens with zero attached hydrogens (tertiary/aromatic N) is 2. The summed E-state index contributed by atoms with van der Waals surface area (Å²) in [6.07, 6.45) is 5.64. The van der Waals surface area contributed by atoms with Crippen molar-refractivity contribution >= 4 is 6.16 Å². The van der Waals surface area contributed by atoms with Crippen molar-refractivity contribution in [1.82, 2.24) is 10.1 Å². The number of carbonyl (C=O) groups is 1. The van der Waals surface area contributed by atoms with Crippen LogP contribution in [0.3, 0.4) is 0 Å². The van der Waals surface area contributed by atoms with Gasteiger partial charge in [0.05, 0.1) is 26.2 Å². The number of hydrogen-bond acceptors (Lipinski definition) is 5. The predicted octanol–water partition coefficient (Wildman–Crippen LogP) is 2.32. The Hall–Kier alpha value is -1.85. The third-order valence-electron chi connectivity index (χ3n) is 1.74. The van der Waals surface area contributed by atoms with Gasteiger partial charge in [-0.25, -0.2) is 0 Å². The highest BCUT2D eigenvalue weighted by atomic mass is 16.9. The number of hydrogen-bond donors (Lipinski definition) is 0. The minimum absolute atomic E-state index is 0.393. The van der Waals surface area contributed by atoms with E-state index in [-0.39, 0.29) is 0 Å². The Morgan fingerprint density at radius 1 is 0.778 bits per heavy atom. The zero-order valence-electron chi connectivity index (χ0n) is 10.6. The molecule has 0 amide bonds. The average Bonchev–Trinajstić information content (AvgIpc) is 2.30. The molecule has 0 unspecified atom stereocenters. The molecule has 0 atom stereocenters. The van der Waals surface area contributed by atoms with E-state index in [0.717, 1.165) is 0 Å². The van der Waals surface area contributed by atoms with Crippen LogP contribution < -0.4 is 0 Å². The lowest BCUT2D eigenvalue weighted by atomic mass is 10.5. The van der Waals surface area contributed by atoms with Crippen molar-refractivity contribution in [3.05, 3.63) is 50.6 Å². The second-order valence-electron chi connectivity index (χ2n) is 3.28. The maximum absolute atomic E-state index is 11.5. The Labute approximate surface area is 108 Å². The molecule has 0 saturated heterocycles. The minimum atomic E-state index is -0.817. The molecule has 0 aliphatic heterocycles. The molecule has 18 heavy (non-hydrogen) atoms. The molecular weight excluding hydrogens is 232 g/mol. The first-order valence-electron chi connectivity index (χ1n) is 5.51. The number of hydroxylamine groups is 4. The van der Waals surface area contributed by atoms with E-state index in [1.807, 2.05) is 0 Å². The molecular formula is C13H20N2O3.